The van der Waals surface area contributed by atoms with Crippen LogP contribution in [0.4, 0.5) is 5.13 Å². The van der Waals surface area contributed by atoms with Gasteiger partial charge in [-0.1, -0.05) is 0 Å². The Labute approximate surface area is 96.8 Å². The van der Waals surface area contributed by atoms with Crippen molar-refractivity contribution in [2.24, 2.45) is 0 Å². The van der Waals surface area contributed by atoms with Crippen molar-refractivity contribution >= 4 is 25.8 Å². The molecule has 0 unspecified atom stereocenters. The Balaban J connectivity index is 0.00000121. The molecule has 1 heterocycles. The molecule has 1 rings (SSSR count). The maximum absolute atomic E-state index is 4.40. The topological polar surface area (TPSA) is 19.1 Å². The fourth-order valence-electron chi connectivity index (χ4n) is 0.543. The second-order valence-electron chi connectivity index (χ2n) is 2.63. The van der Waals surface area contributed by atoms with Gasteiger partial charge in [0.15, 0.2) is 0 Å². The van der Waals surface area contributed by atoms with Gasteiger partial charge in [0.2, 0.25) is 0 Å². The molecule has 0 aliphatic rings. The van der Waals surface area contributed by atoms with E-state index in [0.29, 0.717) is 0 Å². The van der Waals surface area contributed by atoms with Crippen LogP contribution >= 0.6 is 20.7 Å². The Morgan fingerprint density at radius 1 is 1.25 bits per heavy atom. The number of rotatable bonds is 1. The fraction of sp³-hybridized carbons (Fsp3) is 0.667. The maximum Gasteiger partial charge on any atom is 0.390 e. The van der Waals surface area contributed by atoms with Crippen LogP contribution in [0.3, 0.4) is 0 Å². The lowest BCUT2D eigenvalue weighted by molar-refractivity contribution is -0.00000238. The van der Waals surface area contributed by atoms with E-state index in [-0.39, 0.29) is 24.0 Å². The molecular formula is C6H12IN3S2. The number of halogens is 1. The Kier molecular flexibility index (Phi) is 5.26. The largest absolute Gasteiger partial charge is 1.00 e. The molecule has 0 spiro atoms. The number of aromatic nitrogens is 1. The summed E-state index contributed by atoms with van der Waals surface area (Å²) in [6.07, 6.45) is 0. The van der Waals surface area contributed by atoms with Crippen molar-refractivity contribution in [3.05, 3.63) is 4.80 Å². The molecular weight excluding hydrogens is 305 g/mol. The Morgan fingerprint density at radius 2 is 1.83 bits per heavy atom. The summed E-state index contributed by atoms with van der Waals surface area (Å²) < 4.78 is 2.02. The first-order valence-electron chi connectivity index (χ1n) is 3.26. The van der Waals surface area contributed by atoms with E-state index in [1.807, 2.05) is 37.7 Å². The summed E-state index contributed by atoms with van der Waals surface area (Å²) in [5.41, 5.74) is 0. The van der Waals surface area contributed by atoms with Crippen LogP contribution in [0.2, 0.25) is 0 Å². The predicted octanol–water partition coefficient (Wildman–Crippen LogP) is -2.69. The van der Waals surface area contributed by atoms with E-state index in [4.69, 9.17) is 0 Å². The van der Waals surface area contributed by atoms with Crippen molar-refractivity contribution in [2.75, 3.05) is 33.1 Å². The lowest BCUT2D eigenvalue weighted by atomic mass is 10.9. The quantitative estimate of drug-likeness (QED) is 0.319. The van der Waals surface area contributed by atoms with Gasteiger partial charge in [0, 0.05) is 29.4 Å². The van der Waals surface area contributed by atoms with Crippen molar-refractivity contribution in [2.45, 2.75) is 0 Å². The van der Waals surface area contributed by atoms with E-state index in [2.05, 4.69) is 4.98 Å². The van der Waals surface area contributed by atoms with Crippen LogP contribution in [-0.4, -0.2) is 33.2 Å². The Hall–Kier alpha value is 0.310. The monoisotopic (exact) mass is 317 g/mol. The summed E-state index contributed by atoms with van der Waals surface area (Å²) in [5.74, 6) is 0. The predicted molar refractivity (Wildman–Crippen MR) is 51.4 cm³/mol. The van der Waals surface area contributed by atoms with Gasteiger partial charge in [0.1, 0.15) is 0 Å². The van der Waals surface area contributed by atoms with Crippen molar-refractivity contribution in [3.8, 4) is 0 Å². The minimum atomic E-state index is 0. The fourth-order valence-corrected chi connectivity index (χ4v) is 2.86. The second-order valence-corrected chi connectivity index (χ2v) is 4.70. The van der Waals surface area contributed by atoms with Crippen molar-refractivity contribution < 1.29 is 24.0 Å². The van der Waals surface area contributed by atoms with Gasteiger partial charge in [0.25, 0.3) is 0 Å². The standard InChI is InChI=1S/C6H12N3S2.HI/c1-8(2)5-7-6(9(3)4)11-10-5;/h1-4H3;1H/q+1;/p-1. The second kappa shape index (κ2) is 5.13. The highest BCUT2D eigenvalue weighted by Gasteiger charge is 2.08. The van der Waals surface area contributed by atoms with Crippen molar-refractivity contribution in [3.63, 3.8) is 0 Å². The van der Waals surface area contributed by atoms with E-state index in [1.165, 1.54) is 0 Å². The Bertz CT molecular complexity index is 298. The molecule has 6 heteroatoms. The van der Waals surface area contributed by atoms with Gasteiger partial charge in [-0.2, -0.15) is 0 Å². The molecule has 3 nitrogen and oxygen atoms in total. The van der Waals surface area contributed by atoms with Gasteiger partial charge in [0.05, 0.1) is 14.1 Å². The van der Waals surface area contributed by atoms with Gasteiger partial charge in [-0.25, -0.2) is 0 Å². The molecule has 0 atom stereocenters. The smallest absolute Gasteiger partial charge is 0.390 e. The zero-order chi connectivity index (χ0) is 8.43. The summed E-state index contributed by atoms with van der Waals surface area (Å²) in [4.78, 5) is 7.49. The minimum absolute atomic E-state index is 0. The normalized spacial score (nSPS) is 9.00. The summed E-state index contributed by atoms with van der Waals surface area (Å²) in [7, 11) is 11.4. The van der Waals surface area contributed by atoms with E-state index in [9.17, 15) is 0 Å². The van der Waals surface area contributed by atoms with E-state index >= 15 is 0 Å². The maximum atomic E-state index is 4.40. The molecule has 0 radical (unpaired) electrons. The van der Waals surface area contributed by atoms with Gasteiger partial charge in [-0.3, -0.25) is 4.58 Å². The molecule has 0 amide bonds. The van der Waals surface area contributed by atoms with Gasteiger partial charge >= 0.3 is 9.93 Å². The number of anilines is 1. The molecule has 1 aromatic rings. The summed E-state index contributed by atoms with van der Waals surface area (Å²) >= 11 is 0. The molecule has 0 aliphatic heterocycles. The minimum Gasteiger partial charge on any atom is -1.00 e. The van der Waals surface area contributed by atoms with E-state index < -0.39 is 0 Å². The average molecular weight is 317 g/mol. The molecule has 70 valence electrons. The number of nitrogens with zero attached hydrogens (tertiary/aromatic N) is 3. The molecule has 12 heavy (non-hydrogen) atoms. The van der Waals surface area contributed by atoms with Gasteiger partial charge < -0.3 is 28.9 Å². The zero-order valence-electron chi connectivity index (χ0n) is 7.54. The first kappa shape index (κ1) is 12.3. The first-order chi connectivity index (χ1) is 5.11. The highest BCUT2D eigenvalue weighted by molar-refractivity contribution is 7.69. The number of hydrogen-bond acceptors (Lipinski definition) is 4. The summed E-state index contributed by atoms with van der Waals surface area (Å²) in [6, 6.07) is 0. The van der Waals surface area contributed by atoms with Crippen molar-refractivity contribution in [1.29, 1.82) is 0 Å². The third-order valence-corrected chi connectivity index (χ3v) is 3.59. The van der Waals surface area contributed by atoms with Crippen LogP contribution in [0, 0.1) is 0 Å². The summed E-state index contributed by atoms with van der Waals surface area (Å²) in [5, 5.41) is 1.07. The highest BCUT2D eigenvalue weighted by atomic mass is 127. The SMILES string of the molecule is CN(C)c1nc(=[N+](C)C)ss1.[I-]. The molecule has 0 saturated carbocycles. The van der Waals surface area contributed by atoms with Crippen LogP contribution in [-0.2, 0) is 0 Å². The molecule has 0 aromatic carbocycles. The van der Waals surface area contributed by atoms with Crippen LogP contribution in [0.5, 0.6) is 0 Å². The van der Waals surface area contributed by atoms with E-state index in [0.717, 1.165) is 9.93 Å². The van der Waals surface area contributed by atoms with Crippen LogP contribution in [0.15, 0.2) is 0 Å². The van der Waals surface area contributed by atoms with Crippen LogP contribution in [0.1, 0.15) is 0 Å². The summed E-state index contributed by atoms with van der Waals surface area (Å²) in [6.45, 7) is 0. The number of hydrogen-bond donors (Lipinski definition) is 0. The molecule has 0 aliphatic carbocycles. The Morgan fingerprint density at radius 3 is 2.08 bits per heavy atom. The van der Waals surface area contributed by atoms with E-state index in [1.54, 1.807) is 20.7 Å². The van der Waals surface area contributed by atoms with Gasteiger partial charge in [-0.05, 0) is 10.3 Å². The van der Waals surface area contributed by atoms with Gasteiger partial charge in [-0.15, -0.1) is 0 Å². The zero-order valence-corrected chi connectivity index (χ0v) is 11.3. The van der Waals surface area contributed by atoms with Crippen LogP contribution in [0.25, 0.3) is 0 Å². The van der Waals surface area contributed by atoms with Crippen LogP contribution < -0.4 is 38.3 Å². The molecule has 0 saturated heterocycles. The molecule has 0 bridgehead atoms. The highest BCUT2D eigenvalue weighted by Crippen LogP contribution is 2.14. The first-order valence-corrected chi connectivity index (χ1v) is 5.41. The van der Waals surface area contributed by atoms with Crippen molar-refractivity contribution in [1.82, 2.24) is 9.56 Å². The molecule has 0 N–H and O–H groups in total. The third kappa shape index (κ3) is 2.98. The average Bonchev–Trinajstić information content (AvgIpc) is 2.33. The lowest BCUT2D eigenvalue weighted by Crippen LogP contribution is -3.00. The third-order valence-electron chi connectivity index (χ3n) is 1.15. The molecule has 1 aromatic heterocycles. The lowest BCUT2D eigenvalue weighted by Gasteiger charge is -1.99. The molecule has 0 fully saturated rings.